The Labute approximate surface area is 200 Å². The van der Waals surface area contributed by atoms with Crippen LogP contribution < -0.4 is 10.6 Å². The first-order valence-corrected chi connectivity index (χ1v) is 11.4. The predicted octanol–water partition coefficient (Wildman–Crippen LogP) is 5.11. The molecule has 0 radical (unpaired) electrons. The van der Waals surface area contributed by atoms with Gasteiger partial charge in [0.15, 0.2) is 5.13 Å². The summed E-state index contributed by atoms with van der Waals surface area (Å²) in [4.78, 5) is 31.3. The largest absolute Gasteiger partial charge is 0.383 e. The van der Waals surface area contributed by atoms with Gasteiger partial charge in [-0.2, -0.15) is 0 Å². The van der Waals surface area contributed by atoms with Crippen LogP contribution >= 0.6 is 22.9 Å². The van der Waals surface area contributed by atoms with Gasteiger partial charge in [0.2, 0.25) is 5.91 Å². The van der Waals surface area contributed by atoms with E-state index in [1.807, 2.05) is 13.0 Å². The summed E-state index contributed by atoms with van der Waals surface area (Å²) in [5, 5.41) is 8.71. The van der Waals surface area contributed by atoms with Crippen LogP contribution in [0, 0.1) is 12.7 Å². The Morgan fingerprint density at radius 3 is 2.67 bits per heavy atom. The van der Waals surface area contributed by atoms with Gasteiger partial charge in [-0.1, -0.05) is 17.7 Å². The number of amides is 2. The average Bonchev–Trinajstić information content (AvgIpc) is 3.26. The Kier molecular flexibility index (Phi) is 8.76. The van der Waals surface area contributed by atoms with Gasteiger partial charge in [-0.15, -0.1) is 11.3 Å². The number of methoxy groups -OCH3 is 1. The van der Waals surface area contributed by atoms with Crippen molar-refractivity contribution in [3.8, 4) is 0 Å². The number of benzene rings is 2. The topological polar surface area (TPSA) is 83.6 Å². The number of anilines is 3. The molecular formula is C23H24ClFN4O3S. The molecular weight excluding hydrogens is 467 g/mol. The van der Waals surface area contributed by atoms with E-state index < -0.39 is 0 Å². The first-order valence-electron chi connectivity index (χ1n) is 10.2. The molecule has 2 N–H and O–H groups in total. The molecule has 0 unspecified atom stereocenters. The molecule has 1 heterocycles. The number of aromatic nitrogens is 1. The second kappa shape index (κ2) is 11.7. The van der Waals surface area contributed by atoms with Crippen LogP contribution in [0.5, 0.6) is 0 Å². The molecule has 0 saturated carbocycles. The van der Waals surface area contributed by atoms with E-state index in [0.717, 1.165) is 11.3 Å². The molecule has 0 fully saturated rings. The number of aryl methyl sites for hydroxylation is 1. The number of nitrogens with one attached hydrogen (secondary N) is 2. The predicted molar refractivity (Wildman–Crippen MR) is 129 cm³/mol. The SMILES string of the molecule is COCCN(CCC(=O)Nc1ccc(F)cc1)C(=O)c1csc(Nc2cc(Cl)ccc2C)n1. The number of carbonyl (C=O) groups is 2. The van der Waals surface area contributed by atoms with Gasteiger partial charge in [-0.25, -0.2) is 9.37 Å². The summed E-state index contributed by atoms with van der Waals surface area (Å²) in [5.74, 6) is -0.963. The van der Waals surface area contributed by atoms with Crippen LogP contribution in [0.3, 0.4) is 0 Å². The summed E-state index contributed by atoms with van der Waals surface area (Å²) < 4.78 is 18.1. The Balaban J connectivity index is 1.63. The standard InChI is InChI=1S/C23H24ClFN4O3S/c1-15-3-4-16(24)13-19(15)27-23-28-20(14-33-23)22(31)29(11-12-32-2)10-9-21(30)26-18-7-5-17(25)6-8-18/h3-8,13-14H,9-12H2,1-2H3,(H,26,30)(H,27,28). The van der Waals surface area contributed by atoms with E-state index in [0.29, 0.717) is 29.0 Å². The molecule has 3 rings (SSSR count). The summed E-state index contributed by atoms with van der Waals surface area (Å²) in [7, 11) is 1.54. The van der Waals surface area contributed by atoms with Gasteiger partial charge in [0.25, 0.3) is 5.91 Å². The third kappa shape index (κ3) is 7.24. The second-order valence-corrected chi connectivity index (χ2v) is 8.51. The smallest absolute Gasteiger partial charge is 0.273 e. The van der Waals surface area contributed by atoms with Crippen molar-refractivity contribution in [2.24, 2.45) is 0 Å². The molecule has 0 aliphatic heterocycles. The number of ether oxygens (including phenoxy) is 1. The van der Waals surface area contributed by atoms with Gasteiger partial charge in [0.1, 0.15) is 11.5 Å². The van der Waals surface area contributed by atoms with E-state index in [2.05, 4.69) is 15.6 Å². The highest BCUT2D eigenvalue weighted by molar-refractivity contribution is 7.14. The van der Waals surface area contributed by atoms with Crippen LogP contribution in [-0.4, -0.2) is 48.5 Å². The molecule has 2 aromatic carbocycles. The number of carbonyl (C=O) groups excluding carboxylic acids is 2. The van der Waals surface area contributed by atoms with Crippen molar-refractivity contribution in [1.82, 2.24) is 9.88 Å². The van der Waals surface area contributed by atoms with Gasteiger partial charge in [-0.3, -0.25) is 9.59 Å². The van der Waals surface area contributed by atoms with E-state index >= 15 is 0 Å². The van der Waals surface area contributed by atoms with Crippen molar-refractivity contribution in [2.45, 2.75) is 13.3 Å². The second-order valence-electron chi connectivity index (χ2n) is 7.21. The Hall–Kier alpha value is -3.01. The van der Waals surface area contributed by atoms with Gasteiger partial charge in [0.05, 0.1) is 6.61 Å². The number of halogens is 2. The van der Waals surface area contributed by atoms with Crippen molar-refractivity contribution in [3.05, 3.63) is 69.9 Å². The van der Waals surface area contributed by atoms with E-state index in [9.17, 15) is 14.0 Å². The molecule has 33 heavy (non-hydrogen) atoms. The maximum absolute atomic E-state index is 13.0. The van der Waals surface area contributed by atoms with Crippen molar-refractivity contribution in [2.75, 3.05) is 37.4 Å². The lowest BCUT2D eigenvalue weighted by molar-refractivity contribution is -0.116. The van der Waals surface area contributed by atoms with Crippen molar-refractivity contribution < 1.29 is 18.7 Å². The van der Waals surface area contributed by atoms with Crippen LogP contribution in [0.1, 0.15) is 22.5 Å². The number of rotatable bonds is 10. The zero-order valence-electron chi connectivity index (χ0n) is 18.2. The highest BCUT2D eigenvalue weighted by atomic mass is 35.5. The van der Waals surface area contributed by atoms with E-state index in [4.69, 9.17) is 16.3 Å². The summed E-state index contributed by atoms with van der Waals surface area (Å²) in [6, 6.07) is 11.0. The van der Waals surface area contributed by atoms with E-state index in [1.165, 1.54) is 40.5 Å². The summed E-state index contributed by atoms with van der Waals surface area (Å²) in [6.07, 6.45) is 0.0732. The zero-order valence-corrected chi connectivity index (χ0v) is 19.8. The van der Waals surface area contributed by atoms with Crippen LogP contribution in [0.15, 0.2) is 47.8 Å². The molecule has 2 amide bonds. The van der Waals surface area contributed by atoms with Crippen LogP contribution in [0.2, 0.25) is 5.02 Å². The van der Waals surface area contributed by atoms with Gasteiger partial charge in [-0.05, 0) is 48.9 Å². The zero-order chi connectivity index (χ0) is 23.8. The van der Waals surface area contributed by atoms with Gasteiger partial charge >= 0.3 is 0 Å². The van der Waals surface area contributed by atoms with Crippen molar-refractivity contribution >= 4 is 51.3 Å². The lowest BCUT2D eigenvalue weighted by Crippen LogP contribution is -2.36. The minimum absolute atomic E-state index is 0.0732. The van der Waals surface area contributed by atoms with Crippen LogP contribution in [-0.2, 0) is 9.53 Å². The molecule has 174 valence electrons. The molecule has 0 bridgehead atoms. The molecule has 1 aromatic heterocycles. The minimum atomic E-state index is -0.382. The fourth-order valence-corrected chi connectivity index (χ4v) is 3.81. The van der Waals surface area contributed by atoms with Crippen molar-refractivity contribution in [3.63, 3.8) is 0 Å². The fraction of sp³-hybridized carbons (Fsp3) is 0.261. The lowest BCUT2D eigenvalue weighted by atomic mass is 10.2. The molecule has 0 atom stereocenters. The maximum Gasteiger partial charge on any atom is 0.273 e. The molecule has 0 aliphatic rings. The number of thiazole rings is 1. The quantitative estimate of drug-likeness (QED) is 0.413. The first kappa shape index (κ1) is 24.6. The average molecular weight is 491 g/mol. The normalized spacial score (nSPS) is 10.7. The number of hydrogen-bond acceptors (Lipinski definition) is 6. The Morgan fingerprint density at radius 2 is 1.94 bits per heavy atom. The Bertz CT molecular complexity index is 1110. The highest BCUT2D eigenvalue weighted by Crippen LogP contribution is 2.26. The third-order valence-electron chi connectivity index (χ3n) is 4.75. The lowest BCUT2D eigenvalue weighted by Gasteiger charge is -2.21. The molecule has 7 nitrogen and oxygen atoms in total. The number of nitrogens with zero attached hydrogens (tertiary/aromatic N) is 2. The van der Waals surface area contributed by atoms with Crippen LogP contribution in [0.4, 0.5) is 20.9 Å². The molecule has 0 aliphatic carbocycles. The minimum Gasteiger partial charge on any atom is -0.383 e. The summed E-state index contributed by atoms with van der Waals surface area (Å²) in [5.41, 5.74) is 2.57. The monoisotopic (exact) mass is 490 g/mol. The van der Waals surface area contributed by atoms with E-state index in [1.54, 1.807) is 24.6 Å². The molecule has 0 spiro atoms. The Morgan fingerprint density at radius 1 is 1.18 bits per heavy atom. The van der Waals surface area contributed by atoms with Crippen molar-refractivity contribution in [1.29, 1.82) is 0 Å². The summed E-state index contributed by atoms with van der Waals surface area (Å²) in [6.45, 7) is 2.76. The van der Waals surface area contributed by atoms with Gasteiger partial charge < -0.3 is 20.3 Å². The fourth-order valence-electron chi connectivity index (χ4n) is 2.95. The first-order chi connectivity index (χ1) is 15.9. The molecule has 3 aromatic rings. The highest BCUT2D eigenvalue weighted by Gasteiger charge is 2.20. The number of hydrogen-bond donors (Lipinski definition) is 2. The maximum atomic E-state index is 13.0. The molecule has 10 heteroatoms. The van der Waals surface area contributed by atoms with Gasteiger partial charge in [0, 0.05) is 48.4 Å². The molecule has 0 saturated heterocycles. The third-order valence-corrected chi connectivity index (χ3v) is 5.75. The van der Waals surface area contributed by atoms with Crippen LogP contribution in [0.25, 0.3) is 0 Å². The van der Waals surface area contributed by atoms with E-state index in [-0.39, 0.29) is 36.3 Å². The summed E-state index contributed by atoms with van der Waals surface area (Å²) >= 11 is 7.37.